The summed E-state index contributed by atoms with van der Waals surface area (Å²) in [5, 5.41) is 4.07. The summed E-state index contributed by atoms with van der Waals surface area (Å²) < 4.78 is 10.7. The Bertz CT molecular complexity index is 381. The molecule has 0 amide bonds. The molecule has 2 unspecified atom stereocenters. The van der Waals surface area contributed by atoms with Gasteiger partial charge in [-0.25, -0.2) is 0 Å². The van der Waals surface area contributed by atoms with Crippen molar-refractivity contribution in [2.75, 3.05) is 13.2 Å². The van der Waals surface area contributed by atoms with Gasteiger partial charge in [-0.3, -0.25) is 0 Å². The van der Waals surface area contributed by atoms with Gasteiger partial charge in [0.25, 0.3) is 0 Å². The van der Waals surface area contributed by atoms with Crippen molar-refractivity contribution < 1.29 is 9.26 Å². The van der Waals surface area contributed by atoms with Crippen LogP contribution in [0.2, 0.25) is 0 Å². The number of hydrogen-bond acceptors (Lipinski definition) is 5. The van der Waals surface area contributed by atoms with Gasteiger partial charge in [0.2, 0.25) is 5.89 Å². The second-order valence-electron chi connectivity index (χ2n) is 5.48. The van der Waals surface area contributed by atoms with Crippen LogP contribution in [0.4, 0.5) is 0 Å². The molecule has 2 fully saturated rings. The molecule has 18 heavy (non-hydrogen) atoms. The van der Waals surface area contributed by atoms with Gasteiger partial charge in [-0.1, -0.05) is 24.4 Å². The molecule has 1 saturated heterocycles. The van der Waals surface area contributed by atoms with Gasteiger partial charge in [0.05, 0.1) is 12.6 Å². The monoisotopic (exact) mass is 251 g/mol. The summed E-state index contributed by atoms with van der Waals surface area (Å²) in [7, 11) is 0. The van der Waals surface area contributed by atoms with Gasteiger partial charge in [0.1, 0.15) is 0 Å². The molecule has 2 N–H and O–H groups in total. The lowest BCUT2D eigenvalue weighted by molar-refractivity contribution is 0.192. The van der Waals surface area contributed by atoms with Crippen LogP contribution in [0.15, 0.2) is 4.52 Å². The van der Waals surface area contributed by atoms with Crippen LogP contribution in [0, 0.1) is 5.92 Å². The number of aromatic nitrogens is 2. The van der Waals surface area contributed by atoms with Gasteiger partial charge in [-0.05, 0) is 25.2 Å². The summed E-state index contributed by atoms with van der Waals surface area (Å²) in [5.41, 5.74) is 6.25. The predicted octanol–water partition coefficient (Wildman–Crippen LogP) is 2.15. The summed E-state index contributed by atoms with van der Waals surface area (Å²) in [5.74, 6) is 2.19. The molecular formula is C13H21N3O2. The molecule has 2 heterocycles. The van der Waals surface area contributed by atoms with E-state index in [0.717, 1.165) is 18.9 Å². The minimum absolute atomic E-state index is 0.0890. The summed E-state index contributed by atoms with van der Waals surface area (Å²) in [4.78, 5) is 4.48. The van der Waals surface area contributed by atoms with Gasteiger partial charge in [0, 0.05) is 12.5 Å². The van der Waals surface area contributed by atoms with Crippen molar-refractivity contribution in [1.82, 2.24) is 10.1 Å². The molecular weight excluding hydrogens is 230 g/mol. The van der Waals surface area contributed by atoms with Crippen LogP contribution in [0.1, 0.15) is 62.2 Å². The molecule has 1 saturated carbocycles. The van der Waals surface area contributed by atoms with E-state index in [0.29, 0.717) is 24.3 Å². The first-order valence-corrected chi connectivity index (χ1v) is 7.01. The summed E-state index contributed by atoms with van der Waals surface area (Å²) in [6.07, 6.45) is 7.23. The molecule has 5 nitrogen and oxygen atoms in total. The van der Waals surface area contributed by atoms with Crippen LogP contribution >= 0.6 is 0 Å². The Labute approximate surface area is 107 Å². The van der Waals surface area contributed by atoms with Gasteiger partial charge >= 0.3 is 0 Å². The van der Waals surface area contributed by atoms with E-state index in [4.69, 9.17) is 15.0 Å². The zero-order chi connectivity index (χ0) is 12.4. The largest absolute Gasteiger partial charge is 0.381 e. The first kappa shape index (κ1) is 12.1. The van der Waals surface area contributed by atoms with E-state index in [1.165, 1.54) is 32.1 Å². The molecule has 0 spiro atoms. The standard InChI is InChI=1S/C13H21N3O2/c14-11(9-4-2-1-3-5-9)13-15-12(16-18-13)10-6-7-17-8-10/h9-11H,1-8,14H2. The third kappa shape index (κ3) is 2.42. The Morgan fingerprint density at radius 1 is 1.17 bits per heavy atom. The zero-order valence-electron chi connectivity index (χ0n) is 10.7. The number of ether oxygens (including phenoxy) is 1. The van der Waals surface area contributed by atoms with Crippen LogP contribution in [-0.2, 0) is 4.74 Å². The fourth-order valence-corrected chi connectivity index (χ4v) is 2.98. The highest BCUT2D eigenvalue weighted by atomic mass is 16.5. The molecule has 3 rings (SSSR count). The fourth-order valence-electron chi connectivity index (χ4n) is 2.98. The van der Waals surface area contributed by atoms with Crippen molar-refractivity contribution in [2.24, 2.45) is 11.7 Å². The zero-order valence-corrected chi connectivity index (χ0v) is 10.7. The van der Waals surface area contributed by atoms with E-state index in [1.807, 2.05) is 0 Å². The quantitative estimate of drug-likeness (QED) is 0.891. The Balaban J connectivity index is 1.67. The normalized spacial score (nSPS) is 27.5. The maximum absolute atomic E-state index is 6.25. The maximum atomic E-state index is 6.25. The Kier molecular flexibility index (Phi) is 3.61. The second-order valence-corrected chi connectivity index (χ2v) is 5.48. The summed E-state index contributed by atoms with van der Waals surface area (Å²) >= 11 is 0. The molecule has 100 valence electrons. The maximum Gasteiger partial charge on any atom is 0.243 e. The molecule has 1 aromatic rings. The van der Waals surface area contributed by atoms with Gasteiger partial charge in [-0.15, -0.1) is 0 Å². The molecule has 2 atom stereocenters. The Morgan fingerprint density at radius 3 is 2.72 bits per heavy atom. The van der Waals surface area contributed by atoms with Crippen molar-refractivity contribution in [3.8, 4) is 0 Å². The molecule has 0 aromatic carbocycles. The number of nitrogens with two attached hydrogens (primary N) is 1. The van der Waals surface area contributed by atoms with E-state index in [1.54, 1.807) is 0 Å². The highest BCUT2D eigenvalue weighted by Gasteiger charge is 2.29. The van der Waals surface area contributed by atoms with Crippen LogP contribution in [0.3, 0.4) is 0 Å². The molecule has 1 aliphatic heterocycles. The number of rotatable bonds is 3. The molecule has 1 aromatic heterocycles. The minimum Gasteiger partial charge on any atom is -0.381 e. The van der Waals surface area contributed by atoms with Crippen LogP contribution < -0.4 is 5.73 Å². The lowest BCUT2D eigenvalue weighted by Crippen LogP contribution is -2.23. The smallest absolute Gasteiger partial charge is 0.243 e. The van der Waals surface area contributed by atoms with Crippen LogP contribution in [-0.4, -0.2) is 23.4 Å². The summed E-state index contributed by atoms with van der Waals surface area (Å²) in [6, 6.07) is -0.0890. The summed E-state index contributed by atoms with van der Waals surface area (Å²) in [6.45, 7) is 1.50. The van der Waals surface area contributed by atoms with Crippen molar-refractivity contribution in [1.29, 1.82) is 0 Å². The predicted molar refractivity (Wildman–Crippen MR) is 66.0 cm³/mol. The van der Waals surface area contributed by atoms with E-state index >= 15 is 0 Å². The lowest BCUT2D eigenvalue weighted by Gasteiger charge is -2.24. The number of hydrogen-bond donors (Lipinski definition) is 1. The number of nitrogens with zero attached hydrogens (tertiary/aromatic N) is 2. The van der Waals surface area contributed by atoms with Crippen molar-refractivity contribution in [3.05, 3.63) is 11.7 Å². The first-order chi connectivity index (χ1) is 8.84. The fraction of sp³-hybridized carbons (Fsp3) is 0.846. The van der Waals surface area contributed by atoms with Gasteiger partial charge in [-0.2, -0.15) is 4.98 Å². The molecule has 2 aliphatic rings. The lowest BCUT2D eigenvalue weighted by atomic mass is 9.84. The second kappa shape index (κ2) is 5.36. The van der Waals surface area contributed by atoms with Crippen molar-refractivity contribution in [2.45, 2.75) is 50.5 Å². The van der Waals surface area contributed by atoms with Gasteiger partial charge in [0.15, 0.2) is 5.82 Å². The molecule has 5 heteroatoms. The van der Waals surface area contributed by atoms with E-state index < -0.39 is 0 Å². The first-order valence-electron chi connectivity index (χ1n) is 7.01. The SMILES string of the molecule is NC(c1nc(C2CCOC2)no1)C1CCCCC1. The van der Waals surface area contributed by atoms with Crippen LogP contribution in [0.5, 0.6) is 0 Å². The van der Waals surface area contributed by atoms with Crippen molar-refractivity contribution >= 4 is 0 Å². The Morgan fingerprint density at radius 2 is 2.00 bits per heavy atom. The van der Waals surface area contributed by atoms with Crippen molar-refractivity contribution in [3.63, 3.8) is 0 Å². The van der Waals surface area contributed by atoms with E-state index in [-0.39, 0.29) is 6.04 Å². The average molecular weight is 251 g/mol. The third-order valence-electron chi connectivity index (χ3n) is 4.20. The topological polar surface area (TPSA) is 74.2 Å². The molecule has 0 radical (unpaired) electrons. The average Bonchev–Trinajstić information content (AvgIpc) is 3.09. The molecule has 1 aliphatic carbocycles. The Hall–Kier alpha value is -0.940. The molecule has 0 bridgehead atoms. The van der Waals surface area contributed by atoms with E-state index in [2.05, 4.69) is 10.1 Å². The van der Waals surface area contributed by atoms with E-state index in [9.17, 15) is 0 Å². The minimum atomic E-state index is -0.0890. The highest BCUT2D eigenvalue weighted by Crippen LogP contribution is 2.33. The van der Waals surface area contributed by atoms with Gasteiger partial charge < -0.3 is 15.0 Å². The van der Waals surface area contributed by atoms with Crippen LogP contribution in [0.25, 0.3) is 0 Å². The third-order valence-corrected chi connectivity index (χ3v) is 4.20. The highest BCUT2D eigenvalue weighted by molar-refractivity contribution is 5.01.